The second-order valence-corrected chi connectivity index (χ2v) is 8.00. The van der Waals surface area contributed by atoms with Gasteiger partial charge in [-0.1, -0.05) is 72.3 Å². The Kier molecular flexibility index (Phi) is 9.22. The summed E-state index contributed by atoms with van der Waals surface area (Å²) < 4.78 is 5.28. The van der Waals surface area contributed by atoms with Crippen LogP contribution in [0.3, 0.4) is 0 Å². The highest BCUT2D eigenvalue weighted by Gasteiger charge is 2.25. The third kappa shape index (κ3) is 6.44. The fourth-order valence-corrected chi connectivity index (χ4v) is 3.82. The van der Waals surface area contributed by atoms with E-state index in [-0.39, 0.29) is 44.0 Å². The number of ether oxygens (including phenoxy) is 1. The highest BCUT2D eigenvalue weighted by atomic mass is 35.5. The second-order valence-electron chi connectivity index (χ2n) is 7.56. The van der Waals surface area contributed by atoms with Crippen molar-refractivity contribution in [3.63, 3.8) is 0 Å². The van der Waals surface area contributed by atoms with E-state index in [9.17, 15) is 9.59 Å². The van der Waals surface area contributed by atoms with E-state index in [1.165, 1.54) is 0 Å². The zero-order valence-corrected chi connectivity index (χ0v) is 20.0. The number of aliphatic imine (C=N–C) groups is 1. The Morgan fingerprint density at radius 2 is 1.74 bits per heavy atom. The predicted molar refractivity (Wildman–Crippen MR) is 137 cm³/mol. The van der Waals surface area contributed by atoms with Crippen LogP contribution in [0.5, 0.6) is 0 Å². The van der Waals surface area contributed by atoms with Gasteiger partial charge in [-0.25, -0.2) is 0 Å². The van der Waals surface area contributed by atoms with Crippen LogP contribution in [0, 0.1) is 0 Å². The Hall–Kier alpha value is -3.19. The predicted octanol–water partition coefficient (Wildman–Crippen LogP) is 4.28. The maximum absolute atomic E-state index is 12.9. The molecule has 0 bridgehead atoms. The van der Waals surface area contributed by atoms with Crippen molar-refractivity contribution in [1.82, 2.24) is 5.32 Å². The first-order valence-corrected chi connectivity index (χ1v) is 11.1. The van der Waals surface area contributed by atoms with Gasteiger partial charge in [-0.05, 0) is 23.8 Å². The summed E-state index contributed by atoms with van der Waals surface area (Å²) in [5.74, 6) is -0.458. The number of hydrogen-bond donors (Lipinski definition) is 1. The lowest BCUT2D eigenvalue weighted by atomic mass is 10.00. The normalized spacial score (nSPS) is 12.8. The number of esters is 1. The van der Waals surface area contributed by atoms with Crippen LogP contribution in [0.1, 0.15) is 16.7 Å². The zero-order chi connectivity index (χ0) is 23.0. The van der Waals surface area contributed by atoms with Gasteiger partial charge in [0.15, 0.2) is 0 Å². The maximum atomic E-state index is 12.9. The van der Waals surface area contributed by atoms with Gasteiger partial charge in [0.2, 0.25) is 5.91 Å². The summed E-state index contributed by atoms with van der Waals surface area (Å²) in [6, 6.07) is 24.7. The van der Waals surface area contributed by atoms with Crippen molar-refractivity contribution in [3.8, 4) is 0 Å². The van der Waals surface area contributed by atoms with E-state index in [0.717, 1.165) is 28.1 Å². The molecule has 0 saturated heterocycles. The Labute approximate surface area is 210 Å². The Balaban J connectivity index is 0.00000324. The Morgan fingerprint density at radius 1 is 1.03 bits per heavy atom. The molecule has 1 N–H and O–H groups in total. The summed E-state index contributed by atoms with van der Waals surface area (Å²) in [7, 11) is 0. The average molecular weight is 498 g/mol. The van der Waals surface area contributed by atoms with Crippen LogP contribution in [0.15, 0.2) is 83.9 Å². The van der Waals surface area contributed by atoms with Gasteiger partial charge in [-0.2, -0.15) is 0 Å². The molecule has 1 aliphatic rings. The molecular formula is C26H25Cl2N3O3. The number of nitrogens with one attached hydrogen (secondary N) is 1. The number of amides is 1. The number of carbonyl (C=O) groups is 2. The van der Waals surface area contributed by atoms with Crippen LogP contribution < -0.4 is 10.2 Å². The van der Waals surface area contributed by atoms with Gasteiger partial charge in [-0.15, -0.1) is 12.4 Å². The van der Waals surface area contributed by atoms with Gasteiger partial charge in [0.1, 0.15) is 13.2 Å². The molecule has 0 aliphatic carbocycles. The molecule has 0 fully saturated rings. The fourth-order valence-electron chi connectivity index (χ4n) is 3.64. The number of fused-ring (bicyclic) bond motifs is 1. The van der Waals surface area contributed by atoms with Crippen LogP contribution >= 0.6 is 24.0 Å². The van der Waals surface area contributed by atoms with E-state index in [1.807, 2.05) is 72.8 Å². The number of benzodiazepines with no additional fused rings is 1. The van der Waals surface area contributed by atoms with Crippen molar-refractivity contribution in [2.45, 2.75) is 6.61 Å². The SMILES string of the molecule is Cl.O=C(CNCCN1C(=O)CN=C(c2ccccc2)c2cc(Cl)ccc21)OCc1ccccc1. The van der Waals surface area contributed by atoms with Gasteiger partial charge < -0.3 is 15.0 Å². The molecule has 4 rings (SSSR count). The fraction of sp³-hybridized carbons (Fsp3) is 0.192. The second kappa shape index (κ2) is 12.3. The minimum Gasteiger partial charge on any atom is -0.460 e. The van der Waals surface area contributed by atoms with Gasteiger partial charge in [0.25, 0.3) is 0 Å². The van der Waals surface area contributed by atoms with Crippen LogP contribution in [-0.2, 0) is 20.9 Å². The summed E-state index contributed by atoms with van der Waals surface area (Å²) in [6.07, 6.45) is 0. The van der Waals surface area contributed by atoms with E-state index >= 15 is 0 Å². The van der Waals surface area contributed by atoms with Crippen molar-refractivity contribution >= 4 is 47.3 Å². The van der Waals surface area contributed by atoms with Crippen molar-refractivity contribution in [3.05, 3.63) is 101 Å². The molecule has 0 unspecified atom stereocenters. The van der Waals surface area contributed by atoms with E-state index in [2.05, 4.69) is 10.3 Å². The summed E-state index contributed by atoms with van der Waals surface area (Å²) in [4.78, 5) is 31.2. The number of hydrogen-bond acceptors (Lipinski definition) is 5. The topological polar surface area (TPSA) is 71.0 Å². The highest BCUT2D eigenvalue weighted by molar-refractivity contribution is 6.32. The van der Waals surface area contributed by atoms with Gasteiger partial charge in [0.05, 0.1) is 17.9 Å². The Morgan fingerprint density at radius 3 is 2.47 bits per heavy atom. The van der Waals surface area contributed by atoms with Crippen LogP contribution in [0.4, 0.5) is 5.69 Å². The molecule has 6 nitrogen and oxygen atoms in total. The van der Waals surface area contributed by atoms with Crippen molar-refractivity contribution < 1.29 is 14.3 Å². The number of rotatable bonds is 8. The van der Waals surface area contributed by atoms with Gasteiger partial charge in [-0.3, -0.25) is 14.6 Å². The summed E-state index contributed by atoms with van der Waals surface area (Å²) in [5, 5.41) is 3.64. The third-order valence-electron chi connectivity index (χ3n) is 5.25. The molecule has 1 heterocycles. The molecule has 0 spiro atoms. The van der Waals surface area contributed by atoms with E-state index in [0.29, 0.717) is 18.1 Å². The number of benzene rings is 3. The van der Waals surface area contributed by atoms with Crippen LogP contribution in [-0.4, -0.2) is 43.8 Å². The van der Waals surface area contributed by atoms with E-state index in [4.69, 9.17) is 16.3 Å². The molecule has 0 aromatic heterocycles. The zero-order valence-electron chi connectivity index (χ0n) is 18.4. The van der Waals surface area contributed by atoms with Crippen molar-refractivity contribution in [1.29, 1.82) is 0 Å². The van der Waals surface area contributed by atoms with Gasteiger partial charge >= 0.3 is 5.97 Å². The number of nitrogens with zero attached hydrogens (tertiary/aromatic N) is 2. The average Bonchev–Trinajstić information content (AvgIpc) is 2.97. The lowest BCUT2D eigenvalue weighted by molar-refractivity contribution is -0.143. The summed E-state index contributed by atoms with van der Waals surface area (Å²) in [5.41, 5.74) is 4.15. The van der Waals surface area contributed by atoms with Crippen LogP contribution in [0.25, 0.3) is 0 Å². The molecular weight excluding hydrogens is 473 g/mol. The van der Waals surface area contributed by atoms with Crippen molar-refractivity contribution in [2.75, 3.05) is 31.1 Å². The lowest BCUT2D eigenvalue weighted by Crippen LogP contribution is -2.39. The molecule has 1 amide bonds. The monoisotopic (exact) mass is 497 g/mol. The number of carbonyl (C=O) groups excluding carboxylic acids is 2. The molecule has 34 heavy (non-hydrogen) atoms. The van der Waals surface area contributed by atoms with E-state index in [1.54, 1.807) is 11.0 Å². The molecule has 3 aromatic rings. The standard InChI is InChI=1S/C26H24ClN3O3.ClH/c27-21-11-12-23-22(15-21)26(20-9-5-2-6-10-20)29-16-24(31)30(23)14-13-28-17-25(32)33-18-19-7-3-1-4-8-19;/h1-12,15,28H,13-14,16-18H2;1H. The first-order chi connectivity index (χ1) is 16.1. The largest absolute Gasteiger partial charge is 0.460 e. The molecule has 3 aromatic carbocycles. The molecule has 1 aliphatic heterocycles. The molecule has 0 radical (unpaired) electrons. The lowest BCUT2D eigenvalue weighted by Gasteiger charge is -2.23. The molecule has 0 atom stereocenters. The quantitative estimate of drug-likeness (QED) is 0.372. The molecule has 8 heteroatoms. The number of halogens is 2. The van der Waals surface area contributed by atoms with E-state index < -0.39 is 0 Å². The van der Waals surface area contributed by atoms with Crippen LogP contribution in [0.2, 0.25) is 5.02 Å². The minimum absolute atomic E-state index is 0. The smallest absolute Gasteiger partial charge is 0.320 e. The first kappa shape index (κ1) is 25.4. The number of anilines is 1. The highest BCUT2D eigenvalue weighted by Crippen LogP contribution is 2.29. The van der Waals surface area contributed by atoms with Gasteiger partial charge in [0, 0.05) is 29.2 Å². The van der Waals surface area contributed by atoms with Crippen molar-refractivity contribution in [2.24, 2.45) is 4.99 Å². The maximum Gasteiger partial charge on any atom is 0.320 e. The minimum atomic E-state index is -0.345. The third-order valence-corrected chi connectivity index (χ3v) is 5.48. The molecule has 176 valence electrons. The molecule has 0 saturated carbocycles. The summed E-state index contributed by atoms with van der Waals surface area (Å²) >= 11 is 6.28. The Bertz CT molecular complexity index is 1150. The first-order valence-electron chi connectivity index (χ1n) is 10.7. The summed E-state index contributed by atoms with van der Waals surface area (Å²) in [6.45, 7) is 1.15.